The normalized spacial score (nSPS) is 14.1. The molecule has 1 unspecified atom stereocenters. The van der Waals surface area contributed by atoms with Crippen LogP contribution in [0.2, 0.25) is 0 Å². The number of hydrogen-bond acceptors (Lipinski definition) is 4. The molecule has 6 heteroatoms. The maximum atomic E-state index is 8.44. The van der Waals surface area contributed by atoms with Gasteiger partial charge in [-0.25, -0.2) is 0 Å². The summed E-state index contributed by atoms with van der Waals surface area (Å²) in [5.74, 6) is 0.239. The van der Waals surface area contributed by atoms with E-state index in [-0.39, 0.29) is 11.9 Å². The van der Waals surface area contributed by atoms with Gasteiger partial charge in [0.2, 0.25) is 0 Å². The predicted molar refractivity (Wildman–Crippen MR) is 62.3 cm³/mol. The molecule has 1 atom stereocenters. The number of aromatic nitrogens is 2. The van der Waals surface area contributed by atoms with Crippen LogP contribution in [-0.2, 0) is 13.6 Å². The third-order valence-corrected chi connectivity index (χ3v) is 2.62. The second-order valence-electron chi connectivity index (χ2n) is 3.96. The van der Waals surface area contributed by atoms with Gasteiger partial charge < -0.3 is 16.3 Å². The number of hydrogen-bond donors (Lipinski definition) is 3. The Morgan fingerprint density at radius 1 is 1.75 bits per heavy atom. The Labute approximate surface area is 95.1 Å². The monoisotopic (exact) mass is 225 g/mol. The minimum Gasteiger partial charge on any atom is -0.409 e. The predicted octanol–water partition coefficient (Wildman–Crippen LogP) is 0.343. The summed E-state index contributed by atoms with van der Waals surface area (Å²) in [7, 11) is 1.92. The fourth-order valence-electron chi connectivity index (χ4n) is 1.43. The summed E-state index contributed by atoms with van der Waals surface area (Å²) in [5, 5.41) is 18.8. The van der Waals surface area contributed by atoms with E-state index in [0.29, 0.717) is 6.42 Å². The fourth-order valence-corrected chi connectivity index (χ4v) is 1.43. The molecule has 16 heavy (non-hydrogen) atoms. The Morgan fingerprint density at radius 2 is 2.44 bits per heavy atom. The van der Waals surface area contributed by atoms with Crippen molar-refractivity contribution < 1.29 is 5.21 Å². The van der Waals surface area contributed by atoms with Gasteiger partial charge in [0.05, 0.1) is 6.20 Å². The molecule has 0 spiro atoms. The molecule has 0 saturated carbocycles. The zero-order valence-electron chi connectivity index (χ0n) is 9.94. The highest BCUT2D eigenvalue weighted by Gasteiger charge is 2.07. The second kappa shape index (κ2) is 5.50. The zero-order valence-corrected chi connectivity index (χ0v) is 9.94. The first-order valence-corrected chi connectivity index (χ1v) is 5.21. The Hall–Kier alpha value is -1.56. The summed E-state index contributed by atoms with van der Waals surface area (Å²) >= 11 is 0. The van der Waals surface area contributed by atoms with E-state index in [4.69, 9.17) is 10.9 Å². The van der Waals surface area contributed by atoms with E-state index >= 15 is 0 Å². The topological polar surface area (TPSA) is 88.5 Å². The molecule has 1 aromatic rings. The summed E-state index contributed by atoms with van der Waals surface area (Å²) in [5.41, 5.74) is 7.72. The molecule has 0 aliphatic carbocycles. The fraction of sp³-hybridized carbons (Fsp3) is 0.600. The minimum atomic E-state index is 0.163. The van der Waals surface area contributed by atoms with Crippen molar-refractivity contribution in [1.29, 1.82) is 0 Å². The van der Waals surface area contributed by atoms with Crippen LogP contribution < -0.4 is 11.1 Å². The van der Waals surface area contributed by atoms with Gasteiger partial charge in [0.15, 0.2) is 0 Å². The SMILES string of the molecule is Cc1c(CNC(C)CC(N)=NO)cnn1C. The molecule has 0 aliphatic heterocycles. The molecule has 0 radical (unpaired) electrons. The maximum absolute atomic E-state index is 8.44. The summed E-state index contributed by atoms with van der Waals surface area (Å²) in [6.45, 7) is 4.75. The van der Waals surface area contributed by atoms with Crippen LogP contribution in [-0.4, -0.2) is 26.9 Å². The van der Waals surface area contributed by atoms with E-state index in [2.05, 4.69) is 15.6 Å². The minimum absolute atomic E-state index is 0.163. The molecule has 1 heterocycles. The highest BCUT2D eigenvalue weighted by molar-refractivity contribution is 5.80. The van der Waals surface area contributed by atoms with Gasteiger partial charge in [-0.2, -0.15) is 5.10 Å². The summed E-state index contributed by atoms with van der Waals surface area (Å²) in [6, 6.07) is 0.163. The van der Waals surface area contributed by atoms with Crippen molar-refractivity contribution in [3.63, 3.8) is 0 Å². The average molecular weight is 225 g/mol. The molecular weight excluding hydrogens is 206 g/mol. The molecule has 4 N–H and O–H groups in total. The van der Waals surface area contributed by atoms with Gasteiger partial charge in [-0.15, -0.1) is 0 Å². The average Bonchev–Trinajstić information content (AvgIpc) is 2.57. The van der Waals surface area contributed by atoms with Crippen LogP contribution in [0.15, 0.2) is 11.4 Å². The standard InChI is InChI=1S/C10H19N5O/c1-7(4-10(11)14-16)12-5-9-6-13-15(3)8(9)2/h6-7,12,16H,4-5H2,1-3H3,(H2,11,14). The van der Waals surface area contributed by atoms with Gasteiger partial charge in [0, 0.05) is 37.3 Å². The molecule has 0 aromatic carbocycles. The second-order valence-corrected chi connectivity index (χ2v) is 3.96. The van der Waals surface area contributed by atoms with Crippen LogP contribution in [0.3, 0.4) is 0 Å². The highest BCUT2D eigenvalue weighted by atomic mass is 16.4. The van der Waals surface area contributed by atoms with Gasteiger partial charge >= 0.3 is 0 Å². The molecule has 1 rings (SSSR count). The van der Waals surface area contributed by atoms with E-state index in [1.807, 2.05) is 31.8 Å². The van der Waals surface area contributed by atoms with Gasteiger partial charge in [0.25, 0.3) is 0 Å². The van der Waals surface area contributed by atoms with Crippen LogP contribution in [0, 0.1) is 6.92 Å². The summed E-state index contributed by atoms with van der Waals surface area (Å²) < 4.78 is 1.84. The van der Waals surface area contributed by atoms with E-state index in [0.717, 1.165) is 17.8 Å². The third-order valence-electron chi connectivity index (χ3n) is 2.62. The van der Waals surface area contributed by atoms with Crippen LogP contribution in [0.1, 0.15) is 24.6 Å². The first-order valence-electron chi connectivity index (χ1n) is 5.21. The van der Waals surface area contributed by atoms with Crippen molar-refractivity contribution in [3.05, 3.63) is 17.5 Å². The Balaban J connectivity index is 2.43. The molecular formula is C10H19N5O. The molecule has 6 nitrogen and oxygen atoms in total. The molecule has 0 amide bonds. The van der Waals surface area contributed by atoms with E-state index in [1.54, 1.807) is 0 Å². The largest absolute Gasteiger partial charge is 0.409 e. The number of amidine groups is 1. The van der Waals surface area contributed by atoms with Gasteiger partial charge in [-0.05, 0) is 13.8 Å². The van der Waals surface area contributed by atoms with Crippen molar-refractivity contribution in [1.82, 2.24) is 15.1 Å². The third kappa shape index (κ3) is 3.23. The lowest BCUT2D eigenvalue weighted by Crippen LogP contribution is -2.30. The molecule has 90 valence electrons. The smallest absolute Gasteiger partial charge is 0.140 e. The van der Waals surface area contributed by atoms with Crippen LogP contribution in [0.5, 0.6) is 0 Å². The van der Waals surface area contributed by atoms with Crippen LogP contribution >= 0.6 is 0 Å². The highest BCUT2D eigenvalue weighted by Crippen LogP contribution is 2.05. The van der Waals surface area contributed by atoms with Gasteiger partial charge in [-0.3, -0.25) is 4.68 Å². The number of nitrogens with zero attached hydrogens (tertiary/aromatic N) is 3. The van der Waals surface area contributed by atoms with Gasteiger partial charge in [0.1, 0.15) is 5.84 Å². The van der Waals surface area contributed by atoms with Crippen molar-refractivity contribution in [3.8, 4) is 0 Å². The summed E-state index contributed by atoms with van der Waals surface area (Å²) in [6.07, 6.45) is 2.37. The van der Waals surface area contributed by atoms with Crippen LogP contribution in [0.4, 0.5) is 0 Å². The lowest BCUT2D eigenvalue weighted by Gasteiger charge is -2.12. The van der Waals surface area contributed by atoms with Crippen molar-refractivity contribution >= 4 is 5.84 Å². The number of oxime groups is 1. The Kier molecular flexibility index (Phi) is 4.30. The Morgan fingerprint density at radius 3 is 2.94 bits per heavy atom. The van der Waals surface area contributed by atoms with E-state index in [9.17, 15) is 0 Å². The van der Waals surface area contributed by atoms with Gasteiger partial charge in [-0.1, -0.05) is 5.16 Å². The number of nitrogens with one attached hydrogen (secondary N) is 1. The first-order chi connectivity index (χ1) is 7.54. The molecule has 0 saturated heterocycles. The number of rotatable bonds is 5. The molecule has 0 fully saturated rings. The van der Waals surface area contributed by atoms with Crippen molar-refractivity contribution in [2.24, 2.45) is 17.9 Å². The summed E-state index contributed by atoms with van der Waals surface area (Å²) in [4.78, 5) is 0. The van der Waals surface area contributed by atoms with Crippen molar-refractivity contribution in [2.75, 3.05) is 0 Å². The molecule has 1 aromatic heterocycles. The number of aryl methyl sites for hydroxylation is 1. The molecule has 0 bridgehead atoms. The lowest BCUT2D eigenvalue weighted by atomic mass is 10.2. The Bertz CT molecular complexity index is 371. The molecule has 0 aliphatic rings. The number of nitrogens with two attached hydrogens (primary N) is 1. The maximum Gasteiger partial charge on any atom is 0.140 e. The van der Waals surface area contributed by atoms with Crippen LogP contribution in [0.25, 0.3) is 0 Å². The lowest BCUT2D eigenvalue weighted by molar-refractivity contribution is 0.316. The van der Waals surface area contributed by atoms with E-state index in [1.165, 1.54) is 0 Å². The first kappa shape index (κ1) is 12.5. The quantitative estimate of drug-likeness (QED) is 0.292. The van der Waals surface area contributed by atoms with Crippen molar-refractivity contribution in [2.45, 2.75) is 32.9 Å². The zero-order chi connectivity index (χ0) is 12.1. The van der Waals surface area contributed by atoms with E-state index < -0.39 is 0 Å².